The number of aromatic nitrogens is 2. The molecule has 102 valence electrons. The van der Waals surface area contributed by atoms with Crippen molar-refractivity contribution in [2.45, 2.75) is 39.7 Å². The van der Waals surface area contributed by atoms with Crippen LogP contribution in [0.15, 0.2) is 6.07 Å². The molecule has 0 radical (unpaired) electrons. The summed E-state index contributed by atoms with van der Waals surface area (Å²) in [5.74, 6) is 2.47. The molecule has 0 saturated carbocycles. The van der Waals surface area contributed by atoms with Gasteiger partial charge in [0.25, 0.3) is 0 Å². The van der Waals surface area contributed by atoms with E-state index in [0.717, 1.165) is 37.0 Å². The molecule has 0 aromatic carbocycles. The Morgan fingerprint density at radius 1 is 1.22 bits per heavy atom. The Kier molecular flexibility index (Phi) is 5.34. The van der Waals surface area contributed by atoms with Crippen LogP contribution in [0.25, 0.3) is 0 Å². The van der Waals surface area contributed by atoms with Crippen LogP contribution in [0, 0.1) is 6.92 Å². The number of anilines is 2. The lowest BCUT2D eigenvalue weighted by Crippen LogP contribution is -2.27. The standard InChI is InChI=1S/C13H24N4O/c1-10-15-11(14-7-6-8-18-5)9-12(16-10)17-13(2,3)4/h9H,6-8H2,1-5H3,(H2,14,15,16,17). The average molecular weight is 252 g/mol. The highest BCUT2D eigenvalue weighted by Gasteiger charge is 2.11. The van der Waals surface area contributed by atoms with Crippen molar-refractivity contribution in [1.29, 1.82) is 0 Å². The van der Waals surface area contributed by atoms with Crippen molar-refractivity contribution >= 4 is 11.6 Å². The molecule has 0 aliphatic rings. The summed E-state index contributed by atoms with van der Waals surface area (Å²) in [6, 6.07) is 1.94. The molecule has 0 unspecified atom stereocenters. The summed E-state index contributed by atoms with van der Waals surface area (Å²) in [5.41, 5.74) is -0.00584. The van der Waals surface area contributed by atoms with Crippen LogP contribution in [-0.4, -0.2) is 35.8 Å². The minimum Gasteiger partial charge on any atom is -0.385 e. The minimum absolute atomic E-state index is 0.00584. The van der Waals surface area contributed by atoms with E-state index in [9.17, 15) is 0 Å². The molecular weight excluding hydrogens is 228 g/mol. The molecule has 1 aromatic heterocycles. The highest BCUT2D eigenvalue weighted by Crippen LogP contribution is 2.15. The van der Waals surface area contributed by atoms with Crippen molar-refractivity contribution in [3.8, 4) is 0 Å². The van der Waals surface area contributed by atoms with Gasteiger partial charge in [-0.05, 0) is 34.1 Å². The predicted molar refractivity (Wildman–Crippen MR) is 75.1 cm³/mol. The van der Waals surface area contributed by atoms with Crippen molar-refractivity contribution in [3.05, 3.63) is 11.9 Å². The van der Waals surface area contributed by atoms with Crippen molar-refractivity contribution in [2.24, 2.45) is 0 Å². The van der Waals surface area contributed by atoms with Crippen molar-refractivity contribution in [2.75, 3.05) is 30.9 Å². The Hall–Kier alpha value is -1.36. The topological polar surface area (TPSA) is 59.1 Å². The number of methoxy groups -OCH3 is 1. The third-order valence-electron chi connectivity index (χ3n) is 2.17. The summed E-state index contributed by atoms with van der Waals surface area (Å²) in [6.07, 6.45) is 0.960. The monoisotopic (exact) mass is 252 g/mol. The zero-order chi connectivity index (χ0) is 13.6. The van der Waals surface area contributed by atoms with Gasteiger partial charge in [0.1, 0.15) is 17.5 Å². The lowest BCUT2D eigenvalue weighted by molar-refractivity contribution is 0.198. The van der Waals surface area contributed by atoms with Crippen LogP contribution in [0.3, 0.4) is 0 Å². The summed E-state index contributed by atoms with van der Waals surface area (Å²) < 4.78 is 5.01. The van der Waals surface area contributed by atoms with E-state index >= 15 is 0 Å². The van der Waals surface area contributed by atoms with Crippen LogP contribution in [0.2, 0.25) is 0 Å². The van der Waals surface area contributed by atoms with E-state index in [1.165, 1.54) is 0 Å². The van der Waals surface area contributed by atoms with Gasteiger partial charge in [0.05, 0.1) is 0 Å². The van der Waals surface area contributed by atoms with E-state index in [2.05, 4.69) is 41.4 Å². The minimum atomic E-state index is -0.00584. The Balaban J connectivity index is 2.63. The summed E-state index contributed by atoms with van der Waals surface area (Å²) in [7, 11) is 1.71. The maximum absolute atomic E-state index is 5.01. The summed E-state index contributed by atoms with van der Waals surface area (Å²) in [4.78, 5) is 8.74. The van der Waals surface area contributed by atoms with E-state index in [4.69, 9.17) is 4.74 Å². The van der Waals surface area contributed by atoms with Gasteiger partial charge in [0.2, 0.25) is 0 Å². The first-order valence-corrected chi connectivity index (χ1v) is 6.27. The quantitative estimate of drug-likeness (QED) is 0.762. The van der Waals surface area contributed by atoms with Crippen LogP contribution < -0.4 is 10.6 Å². The summed E-state index contributed by atoms with van der Waals surface area (Å²) >= 11 is 0. The molecular formula is C13H24N4O. The van der Waals surface area contributed by atoms with Crippen molar-refractivity contribution in [1.82, 2.24) is 9.97 Å². The lowest BCUT2D eigenvalue weighted by atomic mass is 10.1. The normalized spacial score (nSPS) is 11.4. The summed E-state index contributed by atoms with van der Waals surface area (Å²) in [5, 5.41) is 6.62. The van der Waals surface area contributed by atoms with Gasteiger partial charge in [0.15, 0.2) is 0 Å². The molecule has 0 saturated heterocycles. The van der Waals surface area contributed by atoms with Crippen molar-refractivity contribution in [3.63, 3.8) is 0 Å². The molecule has 1 rings (SSSR count). The van der Waals surface area contributed by atoms with Gasteiger partial charge in [0, 0.05) is 31.9 Å². The largest absolute Gasteiger partial charge is 0.385 e. The van der Waals surface area contributed by atoms with Gasteiger partial charge >= 0.3 is 0 Å². The number of ether oxygens (including phenoxy) is 1. The molecule has 2 N–H and O–H groups in total. The first-order chi connectivity index (χ1) is 8.40. The van der Waals surface area contributed by atoms with Gasteiger partial charge in [-0.15, -0.1) is 0 Å². The van der Waals surface area contributed by atoms with Crippen molar-refractivity contribution < 1.29 is 4.74 Å². The van der Waals surface area contributed by atoms with Gasteiger partial charge in [-0.3, -0.25) is 0 Å². The molecule has 0 fully saturated rings. The molecule has 1 heterocycles. The SMILES string of the molecule is COCCCNc1cc(NC(C)(C)C)nc(C)n1. The third kappa shape index (κ3) is 5.82. The number of nitrogens with zero attached hydrogens (tertiary/aromatic N) is 2. The maximum Gasteiger partial charge on any atom is 0.132 e. The molecule has 5 heteroatoms. The molecule has 1 aromatic rings. The van der Waals surface area contributed by atoms with Crippen LogP contribution in [0.4, 0.5) is 11.6 Å². The fourth-order valence-electron chi connectivity index (χ4n) is 1.54. The lowest BCUT2D eigenvalue weighted by Gasteiger charge is -2.21. The fourth-order valence-corrected chi connectivity index (χ4v) is 1.54. The second kappa shape index (κ2) is 6.54. The second-order valence-corrected chi connectivity index (χ2v) is 5.33. The molecule has 0 aliphatic heterocycles. The number of rotatable bonds is 6. The van der Waals surface area contributed by atoms with Gasteiger partial charge in [-0.25, -0.2) is 9.97 Å². The van der Waals surface area contributed by atoms with Gasteiger partial charge < -0.3 is 15.4 Å². The Labute approximate surface area is 109 Å². The Bertz CT molecular complexity index is 374. The predicted octanol–water partition coefficient (Wildman–Crippen LogP) is 2.44. The van der Waals surface area contributed by atoms with E-state index in [1.807, 2.05) is 13.0 Å². The summed E-state index contributed by atoms with van der Waals surface area (Å²) in [6.45, 7) is 9.82. The molecule has 0 amide bonds. The van der Waals surface area contributed by atoms with Crippen LogP contribution in [-0.2, 0) is 4.74 Å². The van der Waals surface area contributed by atoms with E-state index in [-0.39, 0.29) is 5.54 Å². The molecule has 18 heavy (non-hydrogen) atoms. The molecule has 0 aliphatic carbocycles. The smallest absolute Gasteiger partial charge is 0.132 e. The van der Waals surface area contributed by atoms with Crippen LogP contribution in [0.5, 0.6) is 0 Å². The first kappa shape index (κ1) is 14.7. The zero-order valence-electron chi connectivity index (χ0n) is 12.0. The van der Waals surface area contributed by atoms with E-state index in [0.29, 0.717) is 0 Å². The van der Waals surface area contributed by atoms with Crippen LogP contribution in [0.1, 0.15) is 33.0 Å². The molecule has 0 atom stereocenters. The zero-order valence-corrected chi connectivity index (χ0v) is 12.0. The van der Waals surface area contributed by atoms with E-state index < -0.39 is 0 Å². The Morgan fingerprint density at radius 3 is 2.50 bits per heavy atom. The highest BCUT2D eigenvalue weighted by atomic mass is 16.5. The molecule has 0 bridgehead atoms. The third-order valence-corrected chi connectivity index (χ3v) is 2.17. The Morgan fingerprint density at radius 2 is 1.89 bits per heavy atom. The molecule has 0 spiro atoms. The fraction of sp³-hybridized carbons (Fsp3) is 0.692. The number of aryl methyl sites for hydroxylation is 1. The van der Waals surface area contributed by atoms with E-state index in [1.54, 1.807) is 7.11 Å². The average Bonchev–Trinajstić information content (AvgIpc) is 2.21. The second-order valence-electron chi connectivity index (χ2n) is 5.33. The van der Waals surface area contributed by atoms with Gasteiger partial charge in [-0.1, -0.05) is 0 Å². The van der Waals surface area contributed by atoms with Gasteiger partial charge in [-0.2, -0.15) is 0 Å². The maximum atomic E-state index is 5.01. The molecule has 5 nitrogen and oxygen atoms in total. The highest BCUT2D eigenvalue weighted by molar-refractivity contribution is 5.48. The first-order valence-electron chi connectivity index (χ1n) is 6.27. The number of hydrogen-bond donors (Lipinski definition) is 2. The number of nitrogens with one attached hydrogen (secondary N) is 2. The van der Waals surface area contributed by atoms with Crippen LogP contribution >= 0.6 is 0 Å². The number of hydrogen-bond acceptors (Lipinski definition) is 5.